The van der Waals surface area contributed by atoms with Crippen LogP contribution < -0.4 is 0 Å². The van der Waals surface area contributed by atoms with Gasteiger partial charge in [-0.25, -0.2) is 0 Å². The standard InChI is InChI=1S/C12H20O2S4/c13-4-9-6-15-11(17-9)2-1-3-12(8-11)16-7-10(5-14)18-12/h9-10,13-14H,1-8H2. The predicted octanol–water partition coefficient (Wildman–Crippen LogP) is 2.63. The highest BCUT2D eigenvalue weighted by molar-refractivity contribution is 8.23. The first kappa shape index (κ1) is 14.3. The van der Waals surface area contributed by atoms with Crippen LogP contribution in [0.1, 0.15) is 25.7 Å². The van der Waals surface area contributed by atoms with E-state index in [0.29, 0.717) is 31.9 Å². The second-order valence-electron chi connectivity index (χ2n) is 5.32. The van der Waals surface area contributed by atoms with Gasteiger partial charge in [0.05, 0.1) is 21.4 Å². The highest BCUT2D eigenvalue weighted by Gasteiger charge is 2.52. The molecule has 0 aromatic rings. The third-order valence-electron chi connectivity index (χ3n) is 3.89. The van der Waals surface area contributed by atoms with Gasteiger partial charge in [-0.15, -0.1) is 47.0 Å². The topological polar surface area (TPSA) is 40.5 Å². The molecular formula is C12H20O2S4. The molecule has 0 amide bonds. The molecule has 2 nitrogen and oxygen atoms in total. The lowest BCUT2D eigenvalue weighted by atomic mass is 9.98. The highest BCUT2D eigenvalue weighted by atomic mass is 32.2. The Bertz CT molecular complexity index is 288. The maximum Gasteiger partial charge on any atom is 0.0636 e. The van der Waals surface area contributed by atoms with Crippen LogP contribution in [0.3, 0.4) is 0 Å². The van der Waals surface area contributed by atoms with Crippen LogP contribution in [0, 0.1) is 0 Å². The van der Waals surface area contributed by atoms with E-state index in [1.54, 1.807) is 0 Å². The Morgan fingerprint density at radius 3 is 1.78 bits per heavy atom. The Labute approximate surface area is 126 Å². The first-order valence-electron chi connectivity index (χ1n) is 6.54. The van der Waals surface area contributed by atoms with Crippen molar-refractivity contribution in [3.63, 3.8) is 0 Å². The minimum Gasteiger partial charge on any atom is -0.395 e. The van der Waals surface area contributed by atoms with Crippen LogP contribution in [0.5, 0.6) is 0 Å². The van der Waals surface area contributed by atoms with E-state index in [-0.39, 0.29) is 0 Å². The van der Waals surface area contributed by atoms with E-state index in [9.17, 15) is 10.2 Å². The maximum absolute atomic E-state index is 9.34. The molecule has 6 heteroatoms. The molecule has 2 heterocycles. The molecule has 1 aliphatic carbocycles. The van der Waals surface area contributed by atoms with E-state index >= 15 is 0 Å². The molecule has 3 aliphatic rings. The summed E-state index contributed by atoms with van der Waals surface area (Å²) in [5.74, 6) is 2.21. The molecule has 18 heavy (non-hydrogen) atoms. The number of hydrogen-bond donors (Lipinski definition) is 2. The van der Waals surface area contributed by atoms with Gasteiger partial charge < -0.3 is 10.2 Å². The SMILES string of the molecule is OCC1CSC2(CCCC3(C2)SCC(CO)S3)S1. The Morgan fingerprint density at radius 1 is 0.889 bits per heavy atom. The van der Waals surface area contributed by atoms with Crippen molar-refractivity contribution >= 4 is 47.0 Å². The van der Waals surface area contributed by atoms with Crippen molar-refractivity contribution in [2.75, 3.05) is 24.7 Å². The number of rotatable bonds is 2. The molecule has 2 spiro atoms. The van der Waals surface area contributed by atoms with Gasteiger partial charge in [0, 0.05) is 22.0 Å². The summed E-state index contributed by atoms with van der Waals surface area (Å²) in [6.07, 6.45) is 5.14. The Morgan fingerprint density at radius 2 is 1.39 bits per heavy atom. The van der Waals surface area contributed by atoms with Gasteiger partial charge in [0.2, 0.25) is 0 Å². The van der Waals surface area contributed by atoms with E-state index in [0.717, 1.165) is 11.5 Å². The van der Waals surface area contributed by atoms with Crippen molar-refractivity contribution in [2.45, 2.75) is 44.3 Å². The second kappa shape index (κ2) is 5.60. The largest absolute Gasteiger partial charge is 0.395 e. The van der Waals surface area contributed by atoms with Crippen LogP contribution in [0.25, 0.3) is 0 Å². The van der Waals surface area contributed by atoms with Crippen LogP contribution in [0.15, 0.2) is 0 Å². The monoisotopic (exact) mass is 324 g/mol. The molecular weight excluding hydrogens is 304 g/mol. The quantitative estimate of drug-likeness (QED) is 0.814. The van der Waals surface area contributed by atoms with Gasteiger partial charge in [0.25, 0.3) is 0 Å². The van der Waals surface area contributed by atoms with Crippen LogP contribution in [0.2, 0.25) is 0 Å². The summed E-state index contributed by atoms with van der Waals surface area (Å²) < 4.78 is 0.714. The summed E-state index contributed by atoms with van der Waals surface area (Å²) in [5, 5.41) is 19.6. The van der Waals surface area contributed by atoms with Crippen LogP contribution in [-0.2, 0) is 0 Å². The highest BCUT2D eigenvalue weighted by Crippen LogP contribution is 2.65. The molecule has 4 atom stereocenters. The van der Waals surface area contributed by atoms with E-state index in [4.69, 9.17) is 0 Å². The fraction of sp³-hybridized carbons (Fsp3) is 1.00. The number of aliphatic hydroxyl groups excluding tert-OH is 2. The first-order chi connectivity index (χ1) is 8.69. The van der Waals surface area contributed by atoms with Gasteiger partial charge in [-0.1, -0.05) is 0 Å². The number of aliphatic hydroxyl groups is 2. The molecule has 1 saturated carbocycles. The third kappa shape index (κ3) is 2.70. The molecule has 104 valence electrons. The summed E-state index contributed by atoms with van der Waals surface area (Å²) in [6, 6.07) is 0. The van der Waals surface area contributed by atoms with E-state index in [1.807, 2.05) is 23.5 Å². The molecule has 2 saturated heterocycles. The third-order valence-corrected chi connectivity index (χ3v) is 11.3. The van der Waals surface area contributed by atoms with Crippen LogP contribution in [-0.4, -0.2) is 53.6 Å². The van der Waals surface area contributed by atoms with Gasteiger partial charge in [0.1, 0.15) is 0 Å². The number of thioether (sulfide) groups is 4. The van der Waals surface area contributed by atoms with Gasteiger partial charge in [-0.2, -0.15) is 0 Å². The van der Waals surface area contributed by atoms with Crippen molar-refractivity contribution in [1.29, 1.82) is 0 Å². The molecule has 0 bridgehead atoms. The fourth-order valence-electron chi connectivity index (χ4n) is 3.07. The lowest BCUT2D eigenvalue weighted by Gasteiger charge is -2.42. The zero-order valence-electron chi connectivity index (χ0n) is 10.3. The summed E-state index contributed by atoms with van der Waals surface area (Å²) in [7, 11) is 0. The summed E-state index contributed by atoms with van der Waals surface area (Å²) in [6.45, 7) is 0.651. The maximum atomic E-state index is 9.34. The Kier molecular flexibility index (Phi) is 4.44. The molecule has 2 N–H and O–H groups in total. The molecule has 4 unspecified atom stereocenters. The van der Waals surface area contributed by atoms with E-state index in [2.05, 4.69) is 23.5 Å². The predicted molar refractivity (Wildman–Crippen MR) is 85.8 cm³/mol. The number of hydrogen-bond acceptors (Lipinski definition) is 6. The molecule has 3 fully saturated rings. The summed E-state index contributed by atoms with van der Waals surface area (Å²) in [4.78, 5) is 0. The minimum atomic E-state index is 0.325. The molecule has 3 rings (SSSR count). The van der Waals surface area contributed by atoms with Gasteiger partial charge in [0.15, 0.2) is 0 Å². The lowest BCUT2D eigenvalue weighted by molar-refractivity contribution is 0.301. The zero-order chi connectivity index (χ0) is 12.6. The fourth-order valence-corrected chi connectivity index (χ4v) is 11.2. The smallest absolute Gasteiger partial charge is 0.0636 e. The van der Waals surface area contributed by atoms with Gasteiger partial charge >= 0.3 is 0 Å². The van der Waals surface area contributed by atoms with Gasteiger partial charge in [-0.3, -0.25) is 0 Å². The van der Waals surface area contributed by atoms with Crippen molar-refractivity contribution in [3.05, 3.63) is 0 Å². The normalized spacial score (nSPS) is 48.3. The van der Waals surface area contributed by atoms with Gasteiger partial charge in [-0.05, 0) is 25.7 Å². The lowest BCUT2D eigenvalue weighted by Crippen LogP contribution is -2.35. The van der Waals surface area contributed by atoms with E-state index in [1.165, 1.54) is 25.7 Å². The zero-order valence-corrected chi connectivity index (χ0v) is 13.6. The average molecular weight is 325 g/mol. The average Bonchev–Trinajstić information content (AvgIpc) is 2.95. The van der Waals surface area contributed by atoms with Crippen molar-refractivity contribution < 1.29 is 10.2 Å². The van der Waals surface area contributed by atoms with Crippen LogP contribution >= 0.6 is 47.0 Å². The molecule has 0 radical (unpaired) electrons. The van der Waals surface area contributed by atoms with Crippen LogP contribution in [0.4, 0.5) is 0 Å². The molecule has 2 aliphatic heterocycles. The first-order valence-corrected chi connectivity index (χ1v) is 10.3. The molecule has 0 aromatic carbocycles. The summed E-state index contributed by atoms with van der Waals surface area (Å²) >= 11 is 8.22. The summed E-state index contributed by atoms with van der Waals surface area (Å²) in [5.41, 5.74) is 0. The Balaban J connectivity index is 1.69. The minimum absolute atomic E-state index is 0.325. The van der Waals surface area contributed by atoms with Crippen molar-refractivity contribution in [2.24, 2.45) is 0 Å². The molecule has 0 aromatic heterocycles. The van der Waals surface area contributed by atoms with E-state index < -0.39 is 0 Å². The van der Waals surface area contributed by atoms with Crippen molar-refractivity contribution in [1.82, 2.24) is 0 Å². The van der Waals surface area contributed by atoms with Crippen molar-refractivity contribution in [3.8, 4) is 0 Å². The second-order valence-corrected chi connectivity index (χ2v) is 12.0. The Hall–Kier alpha value is 1.32.